The number of benzene rings is 2. The zero-order chi connectivity index (χ0) is 24.9. The van der Waals surface area contributed by atoms with Crippen LogP contribution in [0, 0.1) is 0 Å². The van der Waals surface area contributed by atoms with Gasteiger partial charge in [-0.25, -0.2) is 4.72 Å². The van der Waals surface area contributed by atoms with Crippen LogP contribution in [0.1, 0.15) is 39.5 Å². The number of nitrogens with two attached hydrogens (primary N) is 1. The van der Waals surface area contributed by atoms with Crippen LogP contribution in [-0.4, -0.2) is 51.2 Å². The third-order valence-corrected chi connectivity index (χ3v) is 8.57. The van der Waals surface area contributed by atoms with Gasteiger partial charge in [0, 0.05) is 18.3 Å². The topological polar surface area (TPSA) is 128 Å². The molecule has 0 radical (unpaired) electrons. The molecular formula is C24H35N3O5S2. The molecule has 0 unspecified atom stereocenters. The van der Waals surface area contributed by atoms with Crippen LogP contribution in [0.5, 0.6) is 5.75 Å². The van der Waals surface area contributed by atoms with Crippen LogP contribution in [0.3, 0.4) is 0 Å². The van der Waals surface area contributed by atoms with Gasteiger partial charge >= 0.3 is 5.97 Å². The minimum Gasteiger partial charge on any atom is -0.490 e. The maximum atomic E-state index is 11.4. The first-order chi connectivity index (χ1) is 16.2. The van der Waals surface area contributed by atoms with Crippen molar-refractivity contribution < 1.29 is 23.7 Å². The van der Waals surface area contributed by atoms with Gasteiger partial charge in [0.15, 0.2) is 0 Å². The number of carboxylic acid groups (broad SMARTS) is 1. The molecule has 1 heterocycles. The molecule has 2 aromatic rings. The first-order valence-corrected chi connectivity index (χ1v) is 14.2. The number of carbonyl (C=O) groups is 1. The van der Waals surface area contributed by atoms with Gasteiger partial charge < -0.3 is 20.5 Å². The van der Waals surface area contributed by atoms with Crippen LogP contribution in [0.2, 0.25) is 0 Å². The van der Waals surface area contributed by atoms with E-state index in [1.807, 2.05) is 42.7 Å². The lowest BCUT2D eigenvalue weighted by atomic mass is 9.89. The Kier molecular flexibility index (Phi) is 8.77. The molecule has 1 aliphatic heterocycles. The highest BCUT2D eigenvalue weighted by atomic mass is 32.3. The van der Waals surface area contributed by atoms with Crippen LogP contribution in [-0.2, 0) is 4.79 Å². The van der Waals surface area contributed by atoms with Gasteiger partial charge in [-0.05, 0) is 37.3 Å². The highest BCUT2D eigenvalue weighted by Crippen LogP contribution is 2.57. The average molecular weight is 510 g/mol. The summed E-state index contributed by atoms with van der Waals surface area (Å²) in [7, 11) is -3.40. The molecule has 3 rings (SSSR count). The molecule has 0 aromatic heterocycles. The number of hydrogen-bond acceptors (Lipinski definition) is 8. The lowest BCUT2D eigenvalue weighted by molar-refractivity contribution is -0.139. The van der Waals surface area contributed by atoms with E-state index < -0.39 is 28.3 Å². The molecule has 2 aromatic carbocycles. The minimum absolute atomic E-state index is 0.230. The first kappa shape index (κ1) is 26.7. The van der Waals surface area contributed by atoms with E-state index in [1.165, 1.54) is 11.8 Å². The molecule has 188 valence electrons. The standard InChI is InChI=1S/C24H35N3O5S2/c1-4-6-12-24(5-2)16-27(17-10-8-7-9-11-17)19-13-21(33-3)20(32-15-18(25)23(28)29)14-22(19)34(30,31)26-24/h7-11,13-14,18,26,30-31H,4-6,12,15-16,25H2,1-3H3,(H,28,29)/t18-,24-/m0/s1. The summed E-state index contributed by atoms with van der Waals surface area (Å²) in [6.07, 6.45) is 5.35. The Hall–Kier alpha value is -1.95. The number of aliphatic carboxylic acids is 1. The Labute approximate surface area is 207 Å². The van der Waals surface area contributed by atoms with Crippen molar-refractivity contribution in [2.75, 3.05) is 24.3 Å². The van der Waals surface area contributed by atoms with E-state index in [2.05, 4.69) is 23.5 Å². The number of anilines is 2. The van der Waals surface area contributed by atoms with Gasteiger partial charge in [-0.2, -0.15) is 0 Å². The Bertz CT molecular complexity index is 992. The van der Waals surface area contributed by atoms with Crippen LogP contribution in [0.4, 0.5) is 11.4 Å². The zero-order valence-electron chi connectivity index (χ0n) is 19.9. The number of unbranched alkanes of at least 4 members (excludes halogenated alkanes) is 1. The lowest BCUT2D eigenvalue weighted by Gasteiger charge is -2.42. The second-order valence-electron chi connectivity index (χ2n) is 8.54. The molecule has 10 heteroatoms. The summed E-state index contributed by atoms with van der Waals surface area (Å²) in [5.74, 6) is -0.791. The summed E-state index contributed by atoms with van der Waals surface area (Å²) in [6, 6.07) is 12.2. The normalized spacial score (nSPS) is 21.3. The predicted molar refractivity (Wildman–Crippen MR) is 140 cm³/mol. The van der Waals surface area contributed by atoms with E-state index in [-0.39, 0.29) is 6.61 Å². The van der Waals surface area contributed by atoms with Crippen molar-refractivity contribution in [3.05, 3.63) is 42.5 Å². The van der Waals surface area contributed by atoms with E-state index in [0.717, 1.165) is 29.8 Å². The second kappa shape index (κ2) is 11.2. The Balaban J connectivity index is 2.16. The highest BCUT2D eigenvalue weighted by molar-refractivity contribution is 8.22. The number of thioether (sulfide) groups is 1. The summed E-state index contributed by atoms with van der Waals surface area (Å²) in [5.41, 5.74) is 6.74. The van der Waals surface area contributed by atoms with Gasteiger partial charge in [0.05, 0.1) is 16.1 Å². The molecule has 34 heavy (non-hydrogen) atoms. The first-order valence-electron chi connectivity index (χ1n) is 11.4. The number of para-hydroxylation sites is 1. The minimum atomic E-state index is -3.40. The van der Waals surface area contributed by atoms with Gasteiger partial charge in [-0.1, -0.05) is 44.9 Å². The van der Waals surface area contributed by atoms with Crippen molar-refractivity contribution in [2.24, 2.45) is 5.73 Å². The van der Waals surface area contributed by atoms with Gasteiger partial charge in [0.2, 0.25) is 0 Å². The van der Waals surface area contributed by atoms with E-state index >= 15 is 0 Å². The Morgan fingerprint density at radius 1 is 1.29 bits per heavy atom. The monoisotopic (exact) mass is 509 g/mol. The molecule has 0 saturated heterocycles. The van der Waals surface area contributed by atoms with Crippen molar-refractivity contribution in [1.82, 2.24) is 4.72 Å². The van der Waals surface area contributed by atoms with Crippen molar-refractivity contribution in [3.8, 4) is 5.75 Å². The molecule has 2 atom stereocenters. The van der Waals surface area contributed by atoms with Crippen molar-refractivity contribution in [3.63, 3.8) is 0 Å². The fourth-order valence-corrected chi connectivity index (χ4v) is 6.42. The molecule has 0 spiro atoms. The number of nitrogens with one attached hydrogen (secondary N) is 1. The quantitative estimate of drug-likeness (QED) is 0.271. The maximum absolute atomic E-state index is 11.4. The predicted octanol–water partition coefficient (Wildman–Crippen LogP) is 5.30. The molecule has 0 fully saturated rings. The summed E-state index contributed by atoms with van der Waals surface area (Å²) in [6.45, 7) is 4.52. The third-order valence-electron chi connectivity index (χ3n) is 6.15. The van der Waals surface area contributed by atoms with Gasteiger partial charge in [0.25, 0.3) is 0 Å². The lowest BCUT2D eigenvalue weighted by Crippen LogP contribution is -2.51. The maximum Gasteiger partial charge on any atom is 0.324 e. The van der Waals surface area contributed by atoms with Crippen molar-refractivity contribution in [1.29, 1.82) is 0 Å². The van der Waals surface area contributed by atoms with E-state index in [4.69, 9.17) is 15.6 Å². The highest BCUT2D eigenvalue weighted by Gasteiger charge is 2.41. The fourth-order valence-electron chi connectivity index (χ4n) is 4.11. The van der Waals surface area contributed by atoms with Crippen LogP contribution in [0.15, 0.2) is 52.3 Å². The second-order valence-corrected chi connectivity index (χ2v) is 11.1. The van der Waals surface area contributed by atoms with Crippen molar-refractivity contribution in [2.45, 2.75) is 60.9 Å². The average Bonchev–Trinajstić information content (AvgIpc) is 2.93. The van der Waals surface area contributed by atoms with Crippen LogP contribution in [0.25, 0.3) is 0 Å². The van der Waals surface area contributed by atoms with E-state index in [9.17, 15) is 13.9 Å². The van der Waals surface area contributed by atoms with Crippen LogP contribution >= 0.6 is 22.5 Å². The van der Waals surface area contributed by atoms with E-state index in [1.54, 1.807) is 6.07 Å². The Morgan fingerprint density at radius 3 is 2.59 bits per heavy atom. The van der Waals surface area contributed by atoms with Gasteiger partial charge in [0.1, 0.15) is 23.3 Å². The number of nitrogens with zero attached hydrogens (tertiary/aromatic N) is 1. The molecule has 6 N–H and O–H groups in total. The molecule has 0 bridgehead atoms. The third kappa shape index (κ3) is 5.81. The number of fused-ring (bicyclic) bond motifs is 1. The van der Waals surface area contributed by atoms with Crippen LogP contribution < -0.4 is 20.1 Å². The number of carboxylic acids is 1. The molecular weight excluding hydrogens is 474 g/mol. The summed E-state index contributed by atoms with van der Waals surface area (Å²) in [4.78, 5) is 14.4. The summed E-state index contributed by atoms with van der Waals surface area (Å²) < 4.78 is 31.8. The zero-order valence-corrected chi connectivity index (χ0v) is 21.5. The summed E-state index contributed by atoms with van der Waals surface area (Å²) >= 11 is 1.44. The summed E-state index contributed by atoms with van der Waals surface area (Å²) in [5, 5.41) is 9.11. The molecule has 0 saturated carbocycles. The van der Waals surface area contributed by atoms with Gasteiger partial charge in [-0.3, -0.25) is 13.9 Å². The van der Waals surface area contributed by atoms with E-state index in [0.29, 0.717) is 29.3 Å². The number of ether oxygens (including phenoxy) is 1. The largest absolute Gasteiger partial charge is 0.490 e. The number of rotatable bonds is 10. The van der Waals surface area contributed by atoms with Crippen molar-refractivity contribution >= 4 is 39.9 Å². The molecule has 0 amide bonds. The number of hydrogen-bond donors (Lipinski definition) is 5. The fraction of sp³-hybridized carbons (Fsp3) is 0.458. The molecule has 1 aliphatic rings. The molecule has 8 nitrogen and oxygen atoms in total. The smallest absolute Gasteiger partial charge is 0.324 e. The SMILES string of the molecule is CCCC[C@@]1(CC)CN(c2ccccc2)c2cc(SC)c(OC[C@H](N)C(=O)O)cc2S(O)(O)N1. The molecule has 0 aliphatic carbocycles. The van der Waals surface area contributed by atoms with Gasteiger partial charge in [-0.15, -0.1) is 22.5 Å². The Morgan fingerprint density at radius 2 is 2.00 bits per heavy atom.